The fraction of sp³-hybridized carbons (Fsp3) is 0.261. The van der Waals surface area contributed by atoms with E-state index in [4.69, 9.17) is 4.74 Å². The summed E-state index contributed by atoms with van der Waals surface area (Å²) >= 11 is 0. The van der Waals surface area contributed by atoms with Crippen molar-refractivity contribution >= 4 is 11.7 Å². The van der Waals surface area contributed by atoms with Crippen LogP contribution in [0.2, 0.25) is 0 Å². The maximum absolute atomic E-state index is 15.3. The number of benzene rings is 1. The SMILES string of the molecule is Cc1ccn2c(CC3CN(C(=O)O)CCO3)c(-c3c(F)cc(-n4cc(O)cn4)cc3F)nc2c1. The molecule has 2 N–H and O–H groups in total. The Kier molecular flexibility index (Phi) is 5.40. The van der Waals surface area contributed by atoms with Crippen LogP contribution in [0.1, 0.15) is 11.3 Å². The zero-order valence-electron chi connectivity index (χ0n) is 18.2. The van der Waals surface area contributed by atoms with Crippen molar-refractivity contribution in [3.05, 3.63) is 65.7 Å². The zero-order valence-corrected chi connectivity index (χ0v) is 18.2. The monoisotopic (exact) mass is 469 g/mol. The Labute approximate surface area is 192 Å². The van der Waals surface area contributed by atoms with Gasteiger partial charge in [-0.3, -0.25) is 0 Å². The van der Waals surface area contributed by atoms with Crippen LogP contribution in [0.5, 0.6) is 5.75 Å². The number of imidazole rings is 1. The van der Waals surface area contributed by atoms with E-state index in [0.29, 0.717) is 11.3 Å². The van der Waals surface area contributed by atoms with Crippen LogP contribution >= 0.6 is 0 Å². The summed E-state index contributed by atoms with van der Waals surface area (Å²) in [6, 6.07) is 5.89. The van der Waals surface area contributed by atoms with E-state index in [1.54, 1.807) is 16.7 Å². The largest absolute Gasteiger partial charge is 0.505 e. The molecule has 1 saturated heterocycles. The van der Waals surface area contributed by atoms with Crippen molar-refractivity contribution in [3.8, 4) is 22.7 Å². The number of fused-ring (bicyclic) bond motifs is 1. The van der Waals surface area contributed by atoms with Gasteiger partial charge in [-0.05, 0) is 24.6 Å². The highest BCUT2D eigenvalue weighted by Gasteiger charge is 2.28. The van der Waals surface area contributed by atoms with Crippen molar-refractivity contribution in [2.24, 2.45) is 0 Å². The minimum Gasteiger partial charge on any atom is -0.505 e. The van der Waals surface area contributed by atoms with E-state index >= 15 is 8.78 Å². The molecule has 1 unspecified atom stereocenters. The first-order valence-electron chi connectivity index (χ1n) is 10.6. The molecular weight excluding hydrogens is 448 g/mol. The van der Waals surface area contributed by atoms with Crippen molar-refractivity contribution in [1.29, 1.82) is 0 Å². The molecule has 1 fully saturated rings. The standard InChI is InChI=1S/C23H21F2N5O4/c1-13-2-3-29-19(9-16-12-28(23(32)33)4-5-34-16)22(27-20(29)6-13)21-17(24)7-14(8-18(21)25)30-11-15(31)10-26-30/h2-3,6-8,10-11,16,31H,4-5,9,12H2,1H3,(H,32,33). The number of aromatic nitrogens is 4. The number of aromatic hydroxyl groups is 1. The molecule has 1 amide bonds. The van der Waals surface area contributed by atoms with Gasteiger partial charge in [0, 0.05) is 31.3 Å². The molecule has 0 radical (unpaired) electrons. The molecule has 176 valence electrons. The number of amides is 1. The summed E-state index contributed by atoms with van der Waals surface area (Å²) in [7, 11) is 0. The van der Waals surface area contributed by atoms with Crippen molar-refractivity contribution in [2.75, 3.05) is 19.7 Å². The van der Waals surface area contributed by atoms with Gasteiger partial charge in [-0.15, -0.1) is 0 Å². The Morgan fingerprint density at radius 1 is 1.26 bits per heavy atom. The summed E-state index contributed by atoms with van der Waals surface area (Å²) in [5.74, 6) is -1.82. The van der Waals surface area contributed by atoms with E-state index in [0.717, 1.165) is 28.6 Å². The summed E-state index contributed by atoms with van der Waals surface area (Å²) in [5, 5.41) is 22.7. The molecule has 9 nitrogen and oxygen atoms in total. The van der Waals surface area contributed by atoms with Crippen LogP contribution < -0.4 is 0 Å². The summed E-state index contributed by atoms with van der Waals surface area (Å²) in [6.45, 7) is 2.52. The van der Waals surface area contributed by atoms with Gasteiger partial charge in [-0.25, -0.2) is 23.2 Å². The van der Waals surface area contributed by atoms with Crippen LogP contribution in [0.25, 0.3) is 22.6 Å². The number of halogens is 2. The lowest BCUT2D eigenvalue weighted by molar-refractivity contribution is -0.0214. The Hall–Kier alpha value is -3.99. The summed E-state index contributed by atoms with van der Waals surface area (Å²) < 4.78 is 39.3. The third kappa shape index (κ3) is 3.94. The molecule has 4 heterocycles. The maximum atomic E-state index is 15.3. The molecule has 0 saturated carbocycles. The number of aryl methyl sites for hydroxylation is 1. The number of carbonyl (C=O) groups is 1. The molecule has 3 aromatic heterocycles. The lowest BCUT2D eigenvalue weighted by atomic mass is 10.0. The van der Waals surface area contributed by atoms with E-state index in [-0.39, 0.29) is 48.8 Å². The molecule has 5 rings (SSSR count). The third-order valence-corrected chi connectivity index (χ3v) is 5.81. The van der Waals surface area contributed by atoms with E-state index in [9.17, 15) is 15.0 Å². The Morgan fingerprint density at radius 3 is 2.71 bits per heavy atom. The smallest absolute Gasteiger partial charge is 0.407 e. The molecule has 11 heteroatoms. The first kappa shape index (κ1) is 21.8. The highest BCUT2D eigenvalue weighted by Crippen LogP contribution is 2.33. The van der Waals surface area contributed by atoms with E-state index in [2.05, 4.69) is 10.1 Å². The van der Waals surface area contributed by atoms with Crippen LogP contribution in [-0.2, 0) is 11.2 Å². The second kappa shape index (κ2) is 8.41. The number of hydrogen-bond donors (Lipinski definition) is 2. The normalized spacial score (nSPS) is 16.3. The van der Waals surface area contributed by atoms with E-state index in [1.165, 1.54) is 11.1 Å². The highest BCUT2D eigenvalue weighted by atomic mass is 19.1. The van der Waals surface area contributed by atoms with Gasteiger partial charge in [0.2, 0.25) is 0 Å². The van der Waals surface area contributed by atoms with Gasteiger partial charge < -0.3 is 24.3 Å². The minimum absolute atomic E-state index is 0.105. The van der Waals surface area contributed by atoms with Crippen molar-refractivity contribution in [1.82, 2.24) is 24.1 Å². The topological polar surface area (TPSA) is 105 Å². The Balaban J connectivity index is 1.60. The van der Waals surface area contributed by atoms with Crippen molar-refractivity contribution in [3.63, 3.8) is 0 Å². The van der Waals surface area contributed by atoms with Gasteiger partial charge in [-0.2, -0.15) is 5.10 Å². The second-order valence-corrected chi connectivity index (χ2v) is 8.19. The van der Waals surface area contributed by atoms with E-state index in [1.807, 2.05) is 13.0 Å². The van der Waals surface area contributed by atoms with Crippen molar-refractivity contribution < 1.29 is 28.5 Å². The Morgan fingerprint density at radius 2 is 2.03 bits per heavy atom. The Bertz CT molecular complexity index is 1380. The predicted octanol–water partition coefficient (Wildman–Crippen LogP) is 3.40. The first-order valence-corrected chi connectivity index (χ1v) is 10.6. The van der Waals surface area contributed by atoms with Crippen molar-refractivity contribution in [2.45, 2.75) is 19.4 Å². The van der Waals surface area contributed by atoms with Crippen LogP contribution in [0.15, 0.2) is 42.9 Å². The lowest BCUT2D eigenvalue weighted by Crippen LogP contribution is -2.45. The summed E-state index contributed by atoms with van der Waals surface area (Å²) in [4.78, 5) is 17.2. The molecular formula is C23H21F2N5O4. The molecule has 1 aromatic carbocycles. The van der Waals surface area contributed by atoms with E-state index < -0.39 is 23.8 Å². The molecule has 0 aliphatic carbocycles. The van der Waals surface area contributed by atoms with Gasteiger partial charge in [0.1, 0.15) is 17.3 Å². The molecule has 1 aliphatic heterocycles. The summed E-state index contributed by atoms with van der Waals surface area (Å²) in [6.07, 6.45) is 2.84. The van der Waals surface area contributed by atoms with Crippen LogP contribution in [-0.4, -0.2) is 66.2 Å². The van der Waals surface area contributed by atoms with Crippen LogP contribution in [0.4, 0.5) is 13.6 Å². The zero-order chi connectivity index (χ0) is 24.0. The average Bonchev–Trinajstić information content (AvgIpc) is 3.37. The minimum atomic E-state index is -1.04. The molecule has 0 spiro atoms. The molecule has 1 atom stereocenters. The average molecular weight is 469 g/mol. The molecule has 0 bridgehead atoms. The molecule has 34 heavy (non-hydrogen) atoms. The second-order valence-electron chi connectivity index (χ2n) is 8.19. The fourth-order valence-corrected chi connectivity index (χ4v) is 4.20. The van der Waals surface area contributed by atoms with Crippen LogP contribution in [0.3, 0.4) is 0 Å². The predicted molar refractivity (Wildman–Crippen MR) is 117 cm³/mol. The maximum Gasteiger partial charge on any atom is 0.407 e. The fourth-order valence-electron chi connectivity index (χ4n) is 4.20. The number of pyridine rings is 1. The first-order chi connectivity index (χ1) is 16.3. The number of ether oxygens (including phenoxy) is 1. The van der Waals surface area contributed by atoms with Gasteiger partial charge in [0.25, 0.3) is 0 Å². The van der Waals surface area contributed by atoms with Gasteiger partial charge >= 0.3 is 6.09 Å². The number of morpholine rings is 1. The summed E-state index contributed by atoms with van der Waals surface area (Å²) in [5.41, 5.74) is 1.86. The number of carboxylic acid groups (broad SMARTS) is 1. The van der Waals surface area contributed by atoms with Crippen LogP contribution in [0, 0.1) is 18.6 Å². The lowest BCUT2D eigenvalue weighted by Gasteiger charge is -2.31. The number of hydrogen-bond acceptors (Lipinski definition) is 5. The third-order valence-electron chi connectivity index (χ3n) is 5.81. The molecule has 4 aromatic rings. The number of rotatable bonds is 4. The molecule has 1 aliphatic rings. The van der Waals surface area contributed by atoms with Gasteiger partial charge in [-0.1, -0.05) is 0 Å². The van der Waals surface area contributed by atoms with Gasteiger partial charge in [0.15, 0.2) is 5.75 Å². The number of nitrogens with zero attached hydrogens (tertiary/aromatic N) is 5. The highest BCUT2D eigenvalue weighted by molar-refractivity contribution is 5.69. The quantitative estimate of drug-likeness (QED) is 0.475. The van der Waals surface area contributed by atoms with Gasteiger partial charge in [0.05, 0.1) is 54.3 Å².